The summed E-state index contributed by atoms with van der Waals surface area (Å²) in [5.74, 6) is 0.398. The predicted molar refractivity (Wildman–Crippen MR) is 80.9 cm³/mol. The van der Waals surface area contributed by atoms with E-state index in [4.69, 9.17) is 5.73 Å². The minimum absolute atomic E-state index is 0.398. The quantitative estimate of drug-likeness (QED) is 0.756. The molecule has 1 aromatic carbocycles. The lowest BCUT2D eigenvalue weighted by Crippen LogP contribution is -1.91. The van der Waals surface area contributed by atoms with E-state index in [1.54, 1.807) is 11.8 Å². The molecular weight excluding hydrogens is 270 g/mol. The number of hydrogen-bond donors (Lipinski definition) is 2. The Hall–Kier alpha value is -2.08. The minimum atomic E-state index is 0.398. The smallest absolute Gasteiger partial charge is 0.172 e. The molecule has 2 heterocycles. The van der Waals surface area contributed by atoms with Gasteiger partial charge in [-0.3, -0.25) is 0 Å². The molecule has 0 aliphatic heterocycles. The monoisotopic (exact) mass is 285 g/mol. The Labute approximate surface area is 121 Å². The lowest BCUT2D eigenvalue weighted by molar-refractivity contribution is 1.07. The highest BCUT2D eigenvalue weighted by Crippen LogP contribution is 2.32. The molecule has 20 heavy (non-hydrogen) atoms. The molecule has 102 valence electrons. The van der Waals surface area contributed by atoms with Crippen LogP contribution in [-0.2, 0) is 0 Å². The number of nitrogen functional groups attached to an aromatic ring is 1. The van der Waals surface area contributed by atoms with Crippen molar-refractivity contribution < 1.29 is 0 Å². The first-order chi connectivity index (χ1) is 9.56. The highest BCUT2D eigenvalue weighted by atomic mass is 32.2. The molecule has 0 atom stereocenters. The number of nitrogens with zero attached hydrogens (tertiary/aromatic N) is 3. The number of aromatic nitrogens is 4. The zero-order chi connectivity index (χ0) is 14.3. The molecule has 2 aromatic heterocycles. The molecule has 3 rings (SSSR count). The van der Waals surface area contributed by atoms with Crippen molar-refractivity contribution in [1.29, 1.82) is 0 Å². The summed E-state index contributed by atoms with van der Waals surface area (Å²) in [5.41, 5.74) is 11.0. The summed E-state index contributed by atoms with van der Waals surface area (Å²) in [6.07, 6.45) is 1.44. The predicted octanol–water partition coefficient (Wildman–Crippen LogP) is 3.01. The Morgan fingerprint density at radius 1 is 1.10 bits per heavy atom. The van der Waals surface area contributed by atoms with E-state index in [0.29, 0.717) is 17.0 Å². The van der Waals surface area contributed by atoms with Crippen LogP contribution in [-0.4, -0.2) is 19.9 Å². The molecule has 0 aliphatic rings. The van der Waals surface area contributed by atoms with Crippen LogP contribution in [0.5, 0.6) is 0 Å². The maximum Gasteiger partial charge on any atom is 0.172 e. The fourth-order valence-corrected chi connectivity index (χ4v) is 2.95. The second-order valence-electron chi connectivity index (χ2n) is 4.73. The molecule has 5 nitrogen and oxygen atoms in total. The van der Waals surface area contributed by atoms with E-state index in [9.17, 15) is 0 Å². The largest absolute Gasteiger partial charge is 0.382 e. The molecule has 0 spiro atoms. The number of fused-ring (bicyclic) bond motifs is 1. The second kappa shape index (κ2) is 4.79. The molecular formula is C14H15N5S. The van der Waals surface area contributed by atoms with Crippen molar-refractivity contribution in [3.8, 4) is 0 Å². The van der Waals surface area contributed by atoms with Crippen molar-refractivity contribution in [3.63, 3.8) is 0 Å². The number of rotatable bonds is 2. The van der Waals surface area contributed by atoms with Gasteiger partial charge in [-0.1, -0.05) is 17.8 Å². The van der Waals surface area contributed by atoms with Crippen molar-refractivity contribution in [2.45, 2.75) is 30.8 Å². The number of benzene rings is 1. The Kier molecular flexibility index (Phi) is 3.10. The lowest BCUT2D eigenvalue weighted by Gasteiger charge is -2.09. The molecule has 0 saturated carbocycles. The summed E-state index contributed by atoms with van der Waals surface area (Å²) < 4.78 is 0. The van der Waals surface area contributed by atoms with Crippen LogP contribution in [0.15, 0.2) is 28.5 Å². The number of aromatic amines is 1. The van der Waals surface area contributed by atoms with Gasteiger partial charge in [0.2, 0.25) is 0 Å². The number of nitrogens with two attached hydrogens (primary N) is 1. The van der Waals surface area contributed by atoms with Crippen molar-refractivity contribution in [1.82, 2.24) is 19.9 Å². The van der Waals surface area contributed by atoms with Gasteiger partial charge in [0.1, 0.15) is 6.33 Å². The maximum atomic E-state index is 5.79. The van der Waals surface area contributed by atoms with E-state index < -0.39 is 0 Å². The van der Waals surface area contributed by atoms with Crippen molar-refractivity contribution >= 4 is 28.7 Å². The summed E-state index contributed by atoms with van der Waals surface area (Å²) in [6, 6.07) is 4.24. The normalized spacial score (nSPS) is 11.2. The second-order valence-corrected chi connectivity index (χ2v) is 5.76. The van der Waals surface area contributed by atoms with Gasteiger partial charge in [-0.25, -0.2) is 15.0 Å². The first-order valence-corrected chi connectivity index (χ1v) is 7.08. The SMILES string of the molecule is Cc1ccc(Sc2nc3c(N)ncnc3[nH]2)c(C)c1C. The summed E-state index contributed by atoms with van der Waals surface area (Å²) >= 11 is 1.58. The molecule has 0 bridgehead atoms. The average Bonchev–Trinajstić information content (AvgIpc) is 2.84. The summed E-state index contributed by atoms with van der Waals surface area (Å²) in [6.45, 7) is 6.38. The fraction of sp³-hybridized carbons (Fsp3) is 0.214. The third-order valence-electron chi connectivity index (χ3n) is 3.50. The van der Waals surface area contributed by atoms with Gasteiger partial charge < -0.3 is 10.7 Å². The van der Waals surface area contributed by atoms with E-state index in [-0.39, 0.29) is 0 Å². The zero-order valence-corrected chi connectivity index (χ0v) is 12.4. The molecule has 0 fully saturated rings. The third kappa shape index (κ3) is 2.12. The Balaban J connectivity index is 2.01. The minimum Gasteiger partial charge on any atom is -0.382 e. The van der Waals surface area contributed by atoms with Gasteiger partial charge in [0, 0.05) is 4.90 Å². The van der Waals surface area contributed by atoms with Crippen LogP contribution in [0.4, 0.5) is 5.82 Å². The Morgan fingerprint density at radius 3 is 2.65 bits per heavy atom. The van der Waals surface area contributed by atoms with E-state index >= 15 is 0 Å². The first-order valence-electron chi connectivity index (χ1n) is 6.27. The highest BCUT2D eigenvalue weighted by Gasteiger charge is 2.11. The molecule has 0 amide bonds. The third-order valence-corrected chi connectivity index (χ3v) is 4.55. The first kappa shape index (κ1) is 12.9. The van der Waals surface area contributed by atoms with Crippen molar-refractivity contribution in [3.05, 3.63) is 35.2 Å². The molecule has 0 radical (unpaired) electrons. The molecule has 3 N–H and O–H groups in total. The highest BCUT2D eigenvalue weighted by molar-refractivity contribution is 7.99. The van der Waals surface area contributed by atoms with E-state index in [1.807, 2.05) is 0 Å². The average molecular weight is 285 g/mol. The molecule has 0 aliphatic carbocycles. The summed E-state index contributed by atoms with van der Waals surface area (Å²) in [4.78, 5) is 16.9. The van der Waals surface area contributed by atoms with E-state index in [0.717, 1.165) is 5.16 Å². The number of anilines is 1. The van der Waals surface area contributed by atoms with Gasteiger partial charge in [0.25, 0.3) is 0 Å². The lowest BCUT2D eigenvalue weighted by atomic mass is 10.1. The van der Waals surface area contributed by atoms with Crippen LogP contribution in [0.2, 0.25) is 0 Å². The summed E-state index contributed by atoms with van der Waals surface area (Å²) in [7, 11) is 0. The molecule has 6 heteroatoms. The van der Waals surface area contributed by atoms with Crippen molar-refractivity contribution in [2.24, 2.45) is 0 Å². The van der Waals surface area contributed by atoms with Gasteiger partial charge in [-0.15, -0.1) is 0 Å². The topological polar surface area (TPSA) is 80.5 Å². The van der Waals surface area contributed by atoms with Gasteiger partial charge in [0.15, 0.2) is 22.1 Å². The van der Waals surface area contributed by atoms with Crippen LogP contribution < -0.4 is 5.73 Å². The molecule has 0 saturated heterocycles. The standard InChI is InChI=1S/C14H15N5S/c1-7-4-5-10(9(3)8(7)2)20-14-18-11-12(15)16-6-17-13(11)19-14/h4-6H,1-3H3,(H3,15,16,17,18,19). The molecule has 0 unspecified atom stereocenters. The summed E-state index contributed by atoms with van der Waals surface area (Å²) in [5, 5.41) is 0.776. The van der Waals surface area contributed by atoms with Crippen LogP contribution in [0, 0.1) is 20.8 Å². The Morgan fingerprint density at radius 2 is 1.90 bits per heavy atom. The van der Waals surface area contributed by atoms with Crippen LogP contribution in [0.3, 0.4) is 0 Å². The molecule has 3 aromatic rings. The van der Waals surface area contributed by atoms with E-state index in [1.165, 1.54) is 27.9 Å². The van der Waals surface area contributed by atoms with Crippen LogP contribution >= 0.6 is 11.8 Å². The van der Waals surface area contributed by atoms with Gasteiger partial charge in [-0.2, -0.15) is 0 Å². The number of aryl methyl sites for hydroxylation is 1. The van der Waals surface area contributed by atoms with Crippen LogP contribution in [0.1, 0.15) is 16.7 Å². The van der Waals surface area contributed by atoms with Gasteiger partial charge >= 0.3 is 0 Å². The van der Waals surface area contributed by atoms with Crippen molar-refractivity contribution in [2.75, 3.05) is 5.73 Å². The van der Waals surface area contributed by atoms with Gasteiger partial charge in [-0.05, 0) is 43.5 Å². The Bertz CT molecular complexity index is 794. The number of imidazole rings is 1. The number of hydrogen-bond acceptors (Lipinski definition) is 5. The van der Waals surface area contributed by atoms with Crippen LogP contribution in [0.25, 0.3) is 11.2 Å². The van der Waals surface area contributed by atoms with Gasteiger partial charge in [0.05, 0.1) is 0 Å². The zero-order valence-electron chi connectivity index (χ0n) is 11.6. The number of H-pyrrole nitrogens is 1. The fourth-order valence-electron chi connectivity index (χ4n) is 2.02. The number of nitrogens with one attached hydrogen (secondary N) is 1. The van der Waals surface area contributed by atoms with E-state index in [2.05, 4.69) is 52.8 Å². The maximum absolute atomic E-state index is 5.79.